The number of hydrogen-bond donors (Lipinski definition) is 1. The SMILES string of the molecule is COc1ccc(O)c(C2C3=CCC4C(=O)N(Cc5cccs5)C(=O)C4C3CC3=C2C(=O)C(C)=CC3=O)c1. The van der Waals surface area contributed by atoms with E-state index < -0.39 is 23.7 Å². The summed E-state index contributed by atoms with van der Waals surface area (Å²) < 4.78 is 5.39. The third-order valence-corrected chi connectivity index (χ3v) is 8.96. The van der Waals surface area contributed by atoms with Crippen molar-refractivity contribution in [3.8, 4) is 11.5 Å². The molecule has 37 heavy (non-hydrogen) atoms. The van der Waals surface area contributed by atoms with Crippen molar-refractivity contribution in [1.29, 1.82) is 0 Å². The quantitative estimate of drug-likeness (QED) is 0.374. The average molecular weight is 516 g/mol. The number of allylic oxidation sites excluding steroid dienone is 6. The number of Topliss-reactive ketones (excluding diaryl/α,β-unsaturated/α-hetero) is 1. The van der Waals surface area contributed by atoms with E-state index in [2.05, 4.69) is 0 Å². The lowest BCUT2D eigenvalue weighted by molar-refractivity contribution is -0.140. The normalized spacial score (nSPS) is 27.0. The lowest BCUT2D eigenvalue weighted by atomic mass is 9.59. The molecule has 1 saturated heterocycles. The summed E-state index contributed by atoms with van der Waals surface area (Å²) in [5.41, 5.74) is 2.31. The first-order valence-corrected chi connectivity index (χ1v) is 13.1. The van der Waals surface area contributed by atoms with E-state index in [4.69, 9.17) is 4.74 Å². The van der Waals surface area contributed by atoms with Crippen molar-refractivity contribution in [3.63, 3.8) is 0 Å². The topological polar surface area (TPSA) is 101 Å². The minimum Gasteiger partial charge on any atom is -0.508 e. The molecule has 2 aromatic rings. The Hall–Kier alpha value is -3.78. The molecule has 4 atom stereocenters. The van der Waals surface area contributed by atoms with Crippen LogP contribution in [-0.4, -0.2) is 40.5 Å². The summed E-state index contributed by atoms with van der Waals surface area (Å²) >= 11 is 1.49. The van der Waals surface area contributed by atoms with Crippen molar-refractivity contribution in [3.05, 3.63) is 80.6 Å². The van der Waals surface area contributed by atoms with Crippen molar-refractivity contribution < 1.29 is 29.0 Å². The van der Waals surface area contributed by atoms with Gasteiger partial charge in [-0.15, -0.1) is 11.3 Å². The number of ketones is 2. The smallest absolute Gasteiger partial charge is 0.234 e. The van der Waals surface area contributed by atoms with Gasteiger partial charge in [0.25, 0.3) is 0 Å². The summed E-state index contributed by atoms with van der Waals surface area (Å²) in [6, 6.07) is 8.60. The van der Waals surface area contributed by atoms with Crippen LogP contribution >= 0.6 is 11.3 Å². The second-order valence-corrected chi connectivity index (χ2v) is 11.0. The zero-order chi connectivity index (χ0) is 26.0. The number of nitrogens with zero attached hydrogens (tertiary/aromatic N) is 1. The van der Waals surface area contributed by atoms with Crippen LogP contribution in [0.5, 0.6) is 11.5 Å². The largest absolute Gasteiger partial charge is 0.508 e. The number of hydrogen-bond acceptors (Lipinski definition) is 7. The van der Waals surface area contributed by atoms with Crippen molar-refractivity contribution in [2.45, 2.75) is 32.2 Å². The maximum absolute atomic E-state index is 13.7. The summed E-state index contributed by atoms with van der Waals surface area (Å²) in [6.07, 6.45) is 3.88. The van der Waals surface area contributed by atoms with E-state index in [0.29, 0.717) is 34.5 Å². The lowest BCUT2D eigenvalue weighted by Gasteiger charge is -2.42. The molecule has 0 bridgehead atoms. The fraction of sp³-hybridized carbons (Fsp3) is 0.310. The summed E-state index contributed by atoms with van der Waals surface area (Å²) in [5, 5.41) is 12.8. The fourth-order valence-electron chi connectivity index (χ4n) is 6.39. The molecule has 1 N–H and O–H groups in total. The van der Waals surface area contributed by atoms with Crippen molar-refractivity contribution in [2.24, 2.45) is 17.8 Å². The van der Waals surface area contributed by atoms with Gasteiger partial charge in [-0.2, -0.15) is 0 Å². The first kappa shape index (κ1) is 23.6. The van der Waals surface area contributed by atoms with Crippen LogP contribution in [0, 0.1) is 17.8 Å². The molecule has 0 radical (unpaired) electrons. The summed E-state index contributed by atoms with van der Waals surface area (Å²) in [5.74, 6) is -2.71. The van der Waals surface area contributed by atoms with Crippen molar-refractivity contribution >= 4 is 34.7 Å². The predicted molar refractivity (Wildman–Crippen MR) is 136 cm³/mol. The Morgan fingerprint density at radius 3 is 2.65 bits per heavy atom. The number of ether oxygens (including phenoxy) is 1. The van der Waals surface area contributed by atoms with Crippen LogP contribution in [-0.2, 0) is 25.7 Å². The van der Waals surface area contributed by atoms with Crippen LogP contribution in [0.25, 0.3) is 0 Å². The maximum atomic E-state index is 13.7. The zero-order valence-corrected chi connectivity index (χ0v) is 21.2. The van der Waals surface area contributed by atoms with Crippen molar-refractivity contribution in [1.82, 2.24) is 4.90 Å². The molecule has 1 aromatic carbocycles. The Bertz CT molecular complexity index is 1460. The van der Waals surface area contributed by atoms with Crippen LogP contribution in [0.2, 0.25) is 0 Å². The molecular formula is C29H25NO6S. The second-order valence-electron chi connectivity index (χ2n) is 10.00. The highest BCUT2D eigenvalue weighted by molar-refractivity contribution is 7.09. The molecule has 7 nitrogen and oxygen atoms in total. The van der Waals surface area contributed by atoms with E-state index in [1.165, 1.54) is 35.5 Å². The van der Waals surface area contributed by atoms with Gasteiger partial charge in [0.2, 0.25) is 11.8 Å². The number of amides is 2. The molecule has 0 spiro atoms. The van der Waals surface area contributed by atoms with E-state index in [1.807, 2.05) is 23.6 Å². The van der Waals surface area contributed by atoms with E-state index in [-0.39, 0.29) is 42.1 Å². The van der Waals surface area contributed by atoms with E-state index in [1.54, 1.807) is 19.1 Å². The number of aromatic hydroxyl groups is 1. The molecule has 6 rings (SSSR count). The van der Waals surface area contributed by atoms with Gasteiger partial charge in [-0.1, -0.05) is 17.7 Å². The van der Waals surface area contributed by atoms with E-state index in [0.717, 1.165) is 10.5 Å². The molecule has 4 aliphatic rings. The molecule has 8 heteroatoms. The lowest BCUT2D eigenvalue weighted by Crippen LogP contribution is -2.39. The van der Waals surface area contributed by atoms with Crippen LogP contribution in [0.1, 0.15) is 36.1 Å². The summed E-state index contributed by atoms with van der Waals surface area (Å²) in [4.78, 5) is 56.0. The Labute approximate surface area is 217 Å². The number of imide groups is 1. The molecule has 4 unspecified atom stereocenters. The molecule has 3 aliphatic carbocycles. The number of likely N-dealkylation sites (tertiary alicyclic amines) is 1. The highest BCUT2D eigenvalue weighted by Gasteiger charge is 2.56. The van der Waals surface area contributed by atoms with Crippen LogP contribution in [0.3, 0.4) is 0 Å². The van der Waals surface area contributed by atoms with Gasteiger partial charge in [0.15, 0.2) is 11.6 Å². The molecule has 1 aromatic heterocycles. The Kier molecular flexibility index (Phi) is 5.53. The number of thiophene rings is 1. The Morgan fingerprint density at radius 2 is 1.92 bits per heavy atom. The number of rotatable bonds is 4. The monoisotopic (exact) mass is 515 g/mol. The first-order chi connectivity index (χ1) is 17.8. The third-order valence-electron chi connectivity index (χ3n) is 8.10. The summed E-state index contributed by atoms with van der Waals surface area (Å²) in [7, 11) is 1.52. The standard InChI is InChI=1S/C29H25NO6S/c1-14-10-23(32)21-12-19-17(24(26(21)27(14)33)20-11-15(36-2)5-8-22(20)31)6-7-18-25(19)29(35)30(28(18)34)13-16-4-3-9-37-16/h3-6,8-11,18-19,24-25,31H,7,12-13H2,1-2H3. The second kappa shape index (κ2) is 8.66. The molecule has 188 valence electrons. The third kappa shape index (κ3) is 3.54. The van der Waals surface area contributed by atoms with Gasteiger partial charge >= 0.3 is 0 Å². The van der Waals surface area contributed by atoms with Gasteiger partial charge in [0.05, 0.1) is 25.5 Å². The number of carbonyl (C=O) groups is 4. The minimum atomic E-state index is -0.709. The molecule has 0 saturated carbocycles. The number of benzene rings is 1. The number of phenolic OH excluding ortho intramolecular Hbond substituents is 1. The zero-order valence-electron chi connectivity index (χ0n) is 20.4. The minimum absolute atomic E-state index is 0.0260. The molecule has 1 aliphatic heterocycles. The van der Waals surface area contributed by atoms with Gasteiger partial charge in [-0.3, -0.25) is 24.1 Å². The van der Waals surface area contributed by atoms with Crippen LogP contribution < -0.4 is 4.74 Å². The number of methoxy groups -OCH3 is 1. The fourth-order valence-corrected chi connectivity index (χ4v) is 7.08. The van der Waals surface area contributed by atoms with E-state index >= 15 is 0 Å². The molecular weight excluding hydrogens is 490 g/mol. The van der Waals surface area contributed by atoms with Crippen LogP contribution in [0.15, 0.2) is 70.2 Å². The van der Waals surface area contributed by atoms with Gasteiger partial charge < -0.3 is 9.84 Å². The maximum Gasteiger partial charge on any atom is 0.234 e. The Balaban J connectivity index is 1.48. The highest BCUT2D eigenvalue weighted by atomic mass is 32.1. The van der Waals surface area contributed by atoms with Gasteiger partial charge in [0, 0.05) is 33.1 Å². The molecule has 2 heterocycles. The highest BCUT2D eigenvalue weighted by Crippen LogP contribution is 2.56. The molecule has 1 fully saturated rings. The Morgan fingerprint density at radius 1 is 1.11 bits per heavy atom. The van der Waals surface area contributed by atoms with Gasteiger partial charge in [0.1, 0.15) is 11.5 Å². The summed E-state index contributed by atoms with van der Waals surface area (Å²) in [6.45, 7) is 1.85. The molecule has 2 amide bonds. The number of carbonyl (C=O) groups excluding carboxylic acids is 4. The van der Waals surface area contributed by atoms with Gasteiger partial charge in [-0.25, -0.2) is 0 Å². The number of fused-ring (bicyclic) bond motifs is 3. The van der Waals surface area contributed by atoms with Gasteiger partial charge in [-0.05, 0) is 61.4 Å². The average Bonchev–Trinajstić information content (AvgIpc) is 3.49. The van der Waals surface area contributed by atoms with Crippen LogP contribution in [0.4, 0.5) is 0 Å². The predicted octanol–water partition coefficient (Wildman–Crippen LogP) is 4.09. The first-order valence-electron chi connectivity index (χ1n) is 12.2. The number of phenols is 1. The van der Waals surface area contributed by atoms with Crippen molar-refractivity contribution in [2.75, 3.05) is 7.11 Å². The van der Waals surface area contributed by atoms with E-state index in [9.17, 15) is 24.3 Å².